The Hall–Kier alpha value is -0.910. The molecule has 1 aliphatic carbocycles. The van der Waals surface area contributed by atoms with E-state index >= 15 is 0 Å². The van der Waals surface area contributed by atoms with Crippen LogP contribution in [0.25, 0.3) is 0 Å². The highest BCUT2D eigenvalue weighted by atomic mass is 16.5. The first-order valence-corrected chi connectivity index (χ1v) is 7.97. The van der Waals surface area contributed by atoms with Crippen molar-refractivity contribution in [3.8, 4) is 0 Å². The van der Waals surface area contributed by atoms with Crippen LogP contribution in [0, 0.1) is 5.41 Å². The summed E-state index contributed by atoms with van der Waals surface area (Å²) in [5.41, 5.74) is -0.0795. The number of hydrogen-bond donors (Lipinski definition) is 2. The van der Waals surface area contributed by atoms with Crippen LogP contribution in [0.15, 0.2) is 12.7 Å². The molecular weight excluding hydrogens is 268 g/mol. The average molecular weight is 296 g/mol. The van der Waals surface area contributed by atoms with Gasteiger partial charge in [0.2, 0.25) is 5.91 Å². The third kappa shape index (κ3) is 3.15. The van der Waals surface area contributed by atoms with Gasteiger partial charge >= 0.3 is 0 Å². The number of carbonyl (C=O) groups excluding carboxylic acids is 1. The fourth-order valence-corrected chi connectivity index (χ4v) is 3.63. The van der Waals surface area contributed by atoms with E-state index in [0.29, 0.717) is 13.2 Å². The van der Waals surface area contributed by atoms with Crippen LogP contribution in [-0.2, 0) is 9.53 Å². The van der Waals surface area contributed by atoms with Crippen LogP contribution in [0.1, 0.15) is 33.1 Å². The molecule has 2 aliphatic rings. The number of nitrogens with zero attached hydrogens (tertiary/aromatic N) is 1. The van der Waals surface area contributed by atoms with E-state index in [2.05, 4.69) is 16.8 Å². The van der Waals surface area contributed by atoms with Gasteiger partial charge in [-0.1, -0.05) is 6.08 Å². The molecule has 120 valence electrons. The molecule has 1 spiro atoms. The summed E-state index contributed by atoms with van der Waals surface area (Å²) in [5.74, 6) is 0.0429. The molecule has 0 radical (unpaired) electrons. The normalized spacial score (nSPS) is 29.7. The Kier molecular flexibility index (Phi) is 5.41. The minimum absolute atomic E-state index is 0.0429. The number of hydrogen-bond acceptors (Lipinski definition) is 4. The second-order valence-corrected chi connectivity index (χ2v) is 6.17. The molecule has 3 atom stereocenters. The van der Waals surface area contributed by atoms with Gasteiger partial charge in [0.15, 0.2) is 0 Å². The third-order valence-electron chi connectivity index (χ3n) is 5.19. The number of nitrogens with one attached hydrogen (secondary N) is 1. The summed E-state index contributed by atoms with van der Waals surface area (Å²) in [6.45, 7) is 10.4. The largest absolute Gasteiger partial charge is 0.392 e. The average Bonchev–Trinajstić information content (AvgIpc) is 2.51. The molecule has 1 amide bonds. The first-order valence-electron chi connectivity index (χ1n) is 7.97. The topological polar surface area (TPSA) is 61.8 Å². The highest BCUT2D eigenvalue weighted by molar-refractivity contribution is 5.81. The van der Waals surface area contributed by atoms with Crippen LogP contribution in [0.3, 0.4) is 0 Å². The third-order valence-corrected chi connectivity index (χ3v) is 5.19. The van der Waals surface area contributed by atoms with Crippen LogP contribution in [0.4, 0.5) is 0 Å². The molecule has 2 N–H and O–H groups in total. The Morgan fingerprint density at radius 1 is 1.57 bits per heavy atom. The van der Waals surface area contributed by atoms with Crippen LogP contribution < -0.4 is 5.32 Å². The maximum absolute atomic E-state index is 12.0. The van der Waals surface area contributed by atoms with Gasteiger partial charge < -0.3 is 15.2 Å². The van der Waals surface area contributed by atoms with Crippen molar-refractivity contribution in [2.45, 2.75) is 51.4 Å². The first kappa shape index (κ1) is 16.5. The second-order valence-electron chi connectivity index (χ2n) is 6.17. The monoisotopic (exact) mass is 296 g/mol. The van der Waals surface area contributed by atoms with Crippen molar-refractivity contribution < 1.29 is 14.6 Å². The molecule has 2 rings (SSSR count). The SMILES string of the molecule is C=CCNC(=O)C(C)N1CCC2(CC1)C(O)CC2OCC. The number of aliphatic hydroxyl groups is 1. The summed E-state index contributed by atoms with van der Waals surface area (Å²) < 4.78 is 5.77. The van der Waals surface area contributed by atoms with Crippen LogP contribution in [-0.4, -0.2) is 60.4 Å². The fourth-order valence-electron chi connectivity index (χ4n) is 3.63. The van der Waals surface area contributed by atoms with Crippen LogP contribution in [0.2, 0.25) is 0 Å². The van der Waals surface area contributed by atoms with E-state index in [9.17, 15) is 9.90 Å². The predicted molar refractivity (Wildman–Crippen MR) is 81.9 cm³/mol. The standard InChI is InChI=1S/C16H28N2O3/c1-4-8-17-15(20)12(3)18-9-6-16(7-10-18)13(19)11-14(16)21-5-2/h4,12-14,19H,1,5-11H2,2-3H3,(H,17,20). The smallest absolute Gasteiger partial charge is 0.237 e. The van der Waals surface area contributed by atoms with Gasteiger partial charge in [0.25, 0.3) is 0 Å². The molecule has 2 fully saturated rings. The molecule has 3 unspecified atom stereocenters. The minimum atomic E-state index is -0.249. The van der Waals surface area contributed by atoms with E-state index in [1.54, 1.807) is 6.08 Å². The highest BCUT2D eigenvalue weighted by Crippen LogP contribution is 2.51. The summed E-state index contributed by atoms with van der Waals surface area (Å²) in [6, 6.07) is -0.134. The van der Waals surface area contributed by atoms with Crippen molar-refractivity contribution in [3.05, 3.63) is 12.7 Å². The molecule has 21 heavy (non-hydrogen) atoms. The molecule has 0 aromatic rings. The minimum Gasteiger partial charge on any atom is -0.392 e. The summed E-state index contributed by atoms with van der Waals surface area (Å²) >= 11 is 0. The Morgan fingerprint density at radius 3 is 2.76 bits per heavy atom. The second kappa shape index (κ2) is 6.90. The summed E-state index contributed by atoms with van der Waals surface area (Å²) in [6.07, 6.45) is 4.18. The quantitative estimate of drug-likeness (QED) is 0.716. The molecule has 1 saturated carbocycles. The van der Waals surface area contributed by atoms with E-state index < -0.39 is 0 Å². The van der Waals surface area contributed by atoms with Crippen molar-refractivity contribution in [2.75, 3.05) is 26.2 Å². The molecular formula is C16H28N2O3. The number of carbonyl (C=O) groups is 1. The zero-order valence-corrected chi connectivity index (χ0v) is 13.2. The van der Waals surface area contributed by atoms with Gasteiger partial charge in [-0.25, -0.2) is 0 Å². The summed E-state index contributed by atoms with van der Waals surface area (Å²) in [5, 5.41) is 13.0. The molecule has 0 aromatic carbocycles. The molecule has 1 aliphatic heterocycles. The maximum atomic E-state index is 12.0. The number of amides is 1. The molecule has 1 saturated heterocycles. The van der Waals surface area contributed by atoms with Gasteiger partial charge in [-0.05, 0) is 39.8 Å². The lowest BCUT2D eigenvalue weighted by Crippen LogP contribution is -2.63. The number of piperidine rings is 1. The van der Waals surface area contributed by atoms with Crippen LogP contribution >= 0.6 is 0 Å². The van der Waals surface area contributed by atoms with Crippen molar-refractivity contribution in [2.24, 2.45) is 5.41 Å². The lowest BCUT2D eigenvalue weighted by Gasteiger charge is -2.57. The predicted octanol–water partition coefficient (Wildman–Crippen LogP) is 0.929. The van der Waals surface area contributed by atoms with Crippen molar-refractivity contribution in [1.82, 2.24) is 10.2 Å². The number of likely N-dealkylation sites (tertiary alicyclic amines) is 1. The van der Waals surface area contributed by atoms with Gasteiger partial charge in [-0.2, -0.15) is 0 Å². The van der Waals surface area contributed by atoms with E-state index in [4.69, 9.17) is 4.74 Å². The zero-order valence-electron chi connectivity index (χ0n) is 13.2. The van der Waals surface area contributed by atoms with Crippen LogP contribution in [0.5, 0.6) is 0 Å². The van der Waals surface area contributed by atoms with Crippen molar-refractivity contribution in [1.29, 1.82) is 0 Å². The molecule has 1 heterocycles. The first-order chi connectivity index (χ1) is 10.0. The van der Waals surface area contributed by atoms with Gasteiger partial charge in [-0.3, -0.25) is 9.69 Å². The van der Waals surface area contributed by atoms with Crippen molar-refractivity contribution in [3.63, 3.8) is 0 Å². The van der Waals surface area contributed by atoms with Gasteiger partial charge in [0, 0.05) is 25.0 Å². The van der Waals surface area contributed by atoms with E-state index in [1.165, 1.54) is 0 Å². The van der Waals surface area contributed by atoms with E-state index in [0.717, 1.165) is 32.4 Å². The molecule has 0 bridgehead atoms. The summed E-state index contributed by atoms with van der Waals surface area (Å²) in [7, 11) is 0. The maximum Gasteiger partial charge on any atom is 0.237 e. The lowest BCUT2D eigenvalue weighted by molar-refractivity contribution is -0.210. The van der Waals surface area contributed by atoms with E-state index in [-0.39, 0.29) is 29.6 Å². The zero-order chi connectivity index (χ0) is 15.5. The summed E-state index contributed by atoms with van der Waals surface area (Å²) in [4.78, 5) is 14.2. The Balaban J connectivity index is 1.87. The number of ether oxygens (including phenoxy) is 1. The van der Waals surface area contributed by atoms with Gasteiger partial charge in [-0.15, -0.1) is 6.58 Å². The molecule has 5 heteroatoms. The Bertz CT molecular complexity index is 376. The molecule has 0 aromatic heterocycles. The molecule has 5 nitrogen and oxygen atoms in total. The highest BCUT2D eigenvalue weighted by Gasteiger charge is 2.56. The van der Waals surface area contributed by atoms with Gasteiger partial charge in [0.05, 0.1) is 18.2 Å². The lowest BCUT2D eigenvalue weighted by atomic mass is 9.58. The number of aliphatic hydroxyl groups excluding tert-OH is 1. The van der Waals surface area contributed by atoms with E-state index in [1.807, 2.05) is 13.8 Å². The van der Waals surface area contributed by atoms with Crippen molar-refractivity contribution >= 4 is 5.91 Å². The fraction of sp³-hybridized carbons (Fsp3) is 0.812. The number of rotatable bonds is 6. The Morgan fingerprint density at radius 2 is 2.24 bits per heavy atom. The van der Waals surface area contributed by atoms with Gasteiger partial charge in [0.1, 0.15) is 0 Å². The Labute approximate surface area is 127 Å².